The van der Waals surface area contributed by atoms with Crippen LogP contribution in [0.4, 0.5) is 6.01 Å². The third kappa shape index (κ3) is 1.55. The molecule has 1 aliphatic carbocycles. The lowest BCUT2D eigenvalue weighted by Crippen LogP contribution is -2.25. The van der Waals surface area contributed by atoms with Crippen molar-refractivity contribution < 1.29 is 4.52 Å². The lowest BCUT2D eigenvalue weighted by Gasteiger charge is -2.01. The fourth-order valence-corrected chi connectivity index (χ4v) is 0.996. The highest BCUT2D eigenvalue weighted by atomic mass is 16.5. The molecule has 12 heavy (non-hydrogen) atoms. The summed E-state index contributed by atoms with van der Waals surface area (Å²) < 4.78 is 4.92. The molecular formula is C7H12N4O. The molecule has 66 valence electrons. The van der Waals surface area contributed by atoms with Gasteiger partial charge in [-0.15, -0.1) is 0 Å². The number of rotatable bonds is 3. The molecule has 1 unspecified atom stereocenters. The van der Waals surface area contributed by atoms with E-state index in [9.17, 15) is 0 Å². The molecule has 1 heterocycles. The number of aromatic nitrogens is 2. The second-order valence-electron chi connectivity index (χ2n) is 3.17. The van der Waals surface area contributed by atoms with Gasteiger partial charge in [0.2, 0.25) is 0 Å². The van der Waals surface area contributed by atoms with E-state index in [1.165, 1.54) is 12.8 Å². The Balaban J connectivity index is 2.03. The third-order valence-corrected chi connectivity index (χ3v) is 1.74. The van der Waals surface area contributed by atoms with Gasteiger partial charge in [-0.3, -0.25) is 0 Å². The molecule has 0 saturated heterocycles. The SMILES string of the molecule is CC(N)Nc1nc(C2CC2)no1. The Labute approximate surface area is 70.3 Å². The maximum Gasteiger partial charge on any atom is 0.322 e. The maximum absolute atomic E-state index is 5.49. The van der Waals surface area contributed by atoms with E-state index in [1.807, 2.05) is 6.92 Å². The maximum atomic E-state index is 5.49. The highest BCUT2D eigenvalue weighted by Gasteiger charge is 2.28. The Bertz CT molecular complexity index is 266. The second kappa shape index (κ2) is 2.75. The molecule has 1 aliphatic rings. The van der Waals surface area contributed by atoms with E-state index in [4.69, 9.17) is 10.3 Å². The van der Waals surface area contributed by atoms with Crippen LogP contribution in [-0.4, -0.2) is 16.3 Å². The third-order valence-electron chi connectivity index (χ3n) is 1.74. The Hall–Kier alpha value is -1.10. The zero-order valence-electron chi connectivity index (χ0n) is 6.95. The first kappa shape index (κ1) is 7.54. The van der Waals surface area contributed by atoms with Gasteiger partial charge < -0.3 is 15.6 Å². The molecule has 1 aromatic rings. The summed E-state index contributed by atoms with van der Waals surface area (Å²) in [5.74, 6) is 1.33. The minimum absolute atomic E-state index is 0.155. The van der Waals surface area contributed by atoms with Crippen LogP contribution in [0.1, 0.15) is 31.5 Å². The molecule has 0 aliphatic heterocycles. The van der Waals surface area contributed by atoms with Gasteiger partial charge in [-0.1, -0.05) is 5.16 Å². The van der Waals surface area contributed by atoms with Crippen LogP contribution < -0.4 is 11.1 Å². The molecule has 1 aromatic heterocycles. The number of hydrogen-bond acceptors (Lipinski definition) is 5. The van der Waals surface area contributed by atoms with E-state index in [0.29, 0.717) is 11.9 Å². The van der Waals surface area contributed by atoms with Crippen LogP contribution in [0.5, 0.6) is 0 Å². The van der Waals surface area contributed by atoms with Crippen molar-refractivity contribution in [2.75, 3.05) is 5.32 Å². The summed E-state index contributed by atoms with van der Waals surface area (Å²) in [4.78, 5) is 4.14. The van der Waals surface area contributed by atoms with Crippen LogP contribution in [0.3, 0.4) is 0 Å². The van der Waals surface area contributed by atoms with Crippen molar-refractivity contribution in [1.82, 2.24) is 10.1 Å². The standard InChI is InChI=1S/C7H12N4O/c1-4(8)9-7-10-6(11-12-7)5-2-3-5/h4-5H,2-3,8H2,1H3,(H,9,10,11). The highest BCUT2D eigenvalue weighted by molar-refractivity contribution is 5.21. The first-order valence-electron chi connectivity index (χ1n) is 4.11. The largest absolute Gasteiger partial charge is 0.323 e. The van der Waals surface area contributed by atoms with Gasteiger partial charge in [0.05, 0.1) is 6.17 Å². The second-order valence-corrected chi connectivity index (χ2v) is 3.17. The minimum atomic E-state index is -0.155. The number of nitrogens with two attached hydrogens (primary N) is 1. The first-order valence-corrected chi connectivity index (χ1v) is 4.11. The lowest BCUT2D eigenvalue weighted by molar-refractivity contribution is 0.420. The predicted octanol–water partition coefficient (Wildman–Crippen LogP) is 0.664. The van der Waals surface area contributed by atoms with E-state index in [-0.39, 0.29) is 6.17 Å². The topological polar surface area (TPSA) is 77.0 Å². The van der Waals surface area contributed by atoms with Crippen molar-refractivity contribution in [1.29, 1.82) is 0 Å². The molecule has 2 rings (SSSR count). The fourth-order valence-electron chi connectivity index (χ4n) is 0.996. The molecule has 0 spiro atoms. The molecule has 5 nitrogen and oxygen atoms in total. The van der Waals surface area contributed by atoms with Crippen molar-refractivity contribution in [2.24, 2.45) is 5.73 Å². The lowest BCUT2D eigenvalue weighted by atomic mass is 10.4. The molecule has 0 aromatic carbocycles. The van der Waals surface area contributed by atoms with Gasteiger partial charge in [-0.25, -0.2) is 0 Å². The van der Waals surface area contributed by atoms with Crippen LogP contribution in [0, 0.1) is 0 Å². The van der Waals surface area contributed by atoms with Crippen LogP contribution in [0.15, 0.2) is 4.52 Å². The zero-order valence-corrected chi connectivity index (χ0v) is 6.95. The van der Waals surface area contributed by atoms with Gasteiger partial charge in [0.1, 0.15) is 0 Å². The van der Waals surface area contributed by atoms with Gasteiger partial charge >= 0.3 is 6.01 Å². The Morgan fingerprint density at radius 3 is 3.00 bits per heavy atom. The quantitative estimate of drug-likeness (QED) is 0.648. The van der Waals surface area contributed by atoms with Crippen LogP contribution in [-0.2, 0) is 0 Å². The van der Waals surface area contributed by atoms with Gasteiger partial charge in [0.25, 0.3) is 0 Å². The highest BCUT2D eigenvalue weighted by Crippen LogP contribution is 2.38. The summed E-state index contributed by atoms with van der Waals surface area (Å²) in [5, 5.41) is 6.67. The molecule has 0 bridgehead atoms. The Kier molecular flexibility index (Phi) is 1.73. The molecule has 3 N–H and O–H groups in total. The molecule has 0 amide bonds. The average Bonchev–Trinajstić information content (AvgIpc) is 2.73. The molecule has 1 saturated carbocycles. The van der Waals surface area contributed by atoms with E-state index in [2.05, 4.69) is 15.5 Å². The predicted molar refractivity (Wildman–Crippen MR) is 43.5 cm³/mol. The van der Waals surface area contributed by atoms with Gasteiger partial charge in [0.15, 0.2) is 5.82 Å². The number of nitrogens with zero attached hydrogens (tertiary/aromatic N) is 2. The van der Waals surface area contributed by atoms with Crippen molar-refractivity contribution in [3.05, 3.63) is 5.82 Å². The average molecular weight is 168 g/mol. The van der Waals surface area contributed by atoms with Gasteiger partial charge in [0, 0.05) is 5.92 Å². The number of hydrogen-bond donors (Lipinski definition) is 2. The summed E-state index contributed by atoms with van der Waals surface area (Å²) in [6.45, 7) is 1.82. The first-order chi connectivity index (χ1) is 5.75. The van der Waals surface area contributed by atoms with E-state index in [0.717, 1.165) is 5.82 Å². The monoisotopic (exact) mass is 168 g/mol. The van der Waals surface area contributed by atoms with Gasteiger partial charge in [-0.05, 0) is 19.8 Å². The van der Waals surface area contributed by atoms with Crippen molar-refractivity contribution in [3.63, 3.8) is 0 Å². The normalized spacial score (nSPS) is 19.2. The molecule has 5 heteroatoms. The fraction of sp³-hybridized carbons (Fsp3) is 0.714. The molecule has 1 fully saturated rings. The van der Waals surface area contributed by atoms with Crippen LogP contribution >= 0.6 is 0 Å². The number of nitrogens with one attached hydrogen (secondary N) is 1. The number of anilines is 1. The minimum Gasteiger partial charge on any atom is -0.323 e. The van der Waals surface area contributed by atoms with Gasteiger partial charge in [-0.2, -0.15) is 4.98 Å². The van der Waals surface area contributed by atoms with Crippen molar-refractivity contribution in [2.45, 2.75) is 31.8 Å². The van der Waals surface area contributed by atoms with Crippen LogP contribution in [0.25, 0.3) is 0 Å². The zero-order chi connectivity index (χ0) is 8.55. The molecular weight excluding hydrogens is 156 g/mol. The summed E-state index contributed by atoms with van der Waals surface area (Å²) in [6, 6.07) is 0.423. The summed E-state index contributed by atoms with van der Waals surface area (Å²) >= 11 is 0. The Morgan fingerprint density at radius 1 is 1.67 bits per heavy atom. The van der Waals surface area contributed by atoms with Crippen LogP contribution in [0.2, 0.25) is 0 Å². The van der Waals surface area contributed by atoms with E-state index >= 15 is 0 Å². The van der Waals surface area contributed by atoms with Crippen molar-refractivity contribution >= 4 is 6.01 Å². The molecule has 0 radical (unpaired) electrons. The Morgan fingerprint density at radius 2 is 2.42 bits per heavy atom. The van der Waals surface area contributed by atoms with E-state index in [1.54, 1.807) is 0 Å². The smallest absolute Gasteiger partial charge is 0.322 e. The summed E-state index contributed by atoms with van der Waals surface area (Å²) in [5.41, 5.74) is 5.49. The van der Waals surface area contributed by atoms with Crippen molar-refractivity contribution in [3.8, 4) is 0 Å². The van der Waals surface area contributed by atoms with E-state index < -0.39 is 0 Å². The molecule has 1 atom stereocenters. The summed E-state index contributed by atoms with van der Waals surface area (Å²) in [7, 11) is 0. The summed E-state index contributed by atoms with van der Waals surface area (Å²) in [6.07, 6.45) is 2.20.